The van der Waals surface area contributed by atoms with Crippen molar-refractivity contribution in [3.8, 4) is 11.5 Å². The molecule has 0 radical (unpaired) electrons. The summed E-state index contributed by atoms with van der Waals surface area (Å²) in [5.41, 5.74) is 3.71. The first-order valence-corrected chi connectivity index (χ1v) is 22.6. The van der Waals surface area contributed by atoms with Crippen LogP contribution >= 0.6 is 22.6 Å². The summed E-state index contributed by atoms with van der Waals surface area (Å²) < 4.78 is 13.5. The predicted octanol–water partition coefficient (Wildman–Crippen LogP) is 6.98. The van der Waals surface area contributed by atoms with Gasteiger partial charge in [-0.1, -0.05) is 94.4 Å². The van der Waals surface area contributed by atoms with Crippen molar-refractivity contribution in [2.45, 2.75) is 64.5 Å². The number of aliphatic hydroxyl groups is 2. The number of ether oxygens (including phenoxy) is 1. The Morgan fingerprint density at radius 2 is 1.65 bits per heavy atom. The first-order chi connectivity index (χ1) is 27.4. The number of rotatable bonds is 15. The first kappa shape index (κ1) is 42.5. The third-order valence-corrected chi connectivity index (χ3v) is 17.3. The molecule has 1 aliphatic heterocycles. The lowest BCUT2D eigenvalue weighted by atomic mass is 9.68. The molecule has 0 saturated carbocycles. The van der Waals surface area contributed by atoms with E-state index in [2.05, 4.69) is 72.6 Å². The Kier molecular flexibility index (Phi) is 13.6. The number of phenolic OH excluding ortho intramolecular Hbond substituents is 1. The fourth-order valence-corrected chi connectivity index (χ4v) is 14.0. The number of fused-ring (bicyclic) bond motifs is 1. The smallest absolute Gasteiger partial charge is 0.261 e. The van der Waals surface area contributed by atoms with Crippen LogP contribution in [0.1, 0.15) is 64.6 Å². The minimum atomic E-state index is -3.05. The Labute approximate surface area is 350 Å². The molecule has 1 aliphatic carbocycles. The molecule has 2 aliphatic rings. The Bertz CT molecular complexity index is 2060. The SMILES string of the molecule is CCCN1C(=O)[C@@H]2[C@@H](CC(CO[Si](c3ccccc3)(c3ccccc3)C(C)(C)C)=C([C@H](O)CC/C(=C/c3cc(I)c(O)c(OC)c3)c3ccccn3)[C@@H]2CO)C1=O. The normalized spacial score (nSPS) is 19.5. The van der Waals surface area contributed by atoms with Gasteiger partial charge in [-0.15, -0.1) is 0 Å². The number of aromatic nitrogens is 1. The number of phenols is 1. The van der Waals surface area contributed by atoms with E-state index in [1.165, 1.54) is 12.0 Å². The standard InChI is InChI=1S/C46H53IN2O7Si/c1-6-23-49-44(53)35-27-32(29-56-57(46(2,3)4,33-15-9-7-10-16-33)34-17-11-8-12-18-34)41(36(28-50)42(35)45(49)54)39(51)21-20-31(38-19-13-14-22-48-38)24-30-25-37(47)43(52)40(26-30)55-5/h7-19,22,24-26,35-36,39,42,50-52H,6,20-21,23,27-29H2,1-5H3/b31-24-/t35-,36+,39-,42-/m1/s1. The van der Waals surface area contributed by atoms with Crippen molar-refractivity contribution in [3.63, 3.8) is 0 Å². The molecule has 300 valence electrons. The molecule has 1 aromatic heterocycles. The quantitative estimate of drug-likeness (QED) is 0.0505. The lowest BCUT2D eigenvalue weighted by Gasteiger charge is -2.44. The van der Waals surface area contributed by atoms with Crippen LogP contribution in [0.4, 0.5) is 0 Å². The molecule has 3 aromatic carbocycles. The molecule has 57 heavy (non-hydrogen) atoms. The molecule has 4 atom stereocenters. The highest BCUT2D eigenvalue weighted by atomic mass is 127. The van der Waals surface area contributed by atoms with E-state index in [9.17, 15) is 24.9 Å². The van der Waals surface area contributed by atoms with Crippen molar-refractivity contribution < 1.29 is 34.1 Å². The number of pyridine rings is 1. The number of halogens is 1. The van der Waals surface area contributed by atoms with Gasteiger partial charge in [-0.3, -0.25) is 19.5 Å². The number of aliphatic hydroxyl groups excluding tert-OH is 2. The molecular weight excluding hydrogens is 848 g/mol. The molecule has 2 amide bonds. The Morgan fingerprint density at radius 3 is 2.21 bits per heavy atom. The lowest BCUT2D eigenvalue weighted by Crippen LogP contribution is -2.66. The molecule has 11 heteroatoms. The summed E-state index contributed by atoms with van der Waals surface area (Å²) in [6.07, 6.45) is 4.16. The summed E-state index contributed by atoms with van der Waals surface area (Å²) in [6, 6.07) is 29.9. The average Bonchev–Trinajstić information content (AvgIpc) is 3.45. The number of carbonyl (C=O) groups excluding carboxylic acids is 2. The molecule has 6 rings (SSSR count). The fraction of sp³-hybridized carbons (Fsp3) is 0.370. The van der Waals surface area contributed by atoms with E-state index in [0.29, 0.717) is 34.3 Å². The van der Waals surface area contributed by atoms with Crippen LogP contribution in [0.15, 0.2) is 108 Å². The zero-order chi connectivity index (χ0) is 40.9. The van der Waals surface area contributed by atoms with E-state index in [0.717, 1.165) is 32.8 Å². The topological polar surface area (TPSA) is 129 Å². The third kappa shape index (κ3) is 8.54. The number of imide groups is 1. The van der Waals surface area contributed by atoms with Crippen molar-refractivity contribution in [1.29, 1.82) is 0 Å². The van der Waals surface area contributed by atoms with Gasteiger partial charge in [0.05, 0.1) is 47.5 Å². The maximum Gasteiger partial charge on any atom is 0.261 e. The Hall–Kier alpha value is -4.14. The van der Waals surface area contributed by atoms with Crippen LogP contribution in [0.3, 0.4) is 0 Å². The van der Waals surface area contributed by atoms with Crippen molar-refractivity contribution >= 4 is 64.7 Å². The summed E-state index contributed by atoms with van der Waals surface area (Å²) in [5, 5.41) is 35.9. The van der Waals surface area contributed by atoms with Gasteiger partial charge in [0.2, 0.25) is 11.8 Å². The van der Waals surface area contributed by atoms with E-state index in [1.54, 1.807) is 12.3 Å². The van der Waals surface area contributed by atoms with Gasteiger partial charge in [0.15, 0.2) is 11.5 Å². The maximum absolute atomic E-state index is 14.0. The molecular formula is C46H53IN2O7Si. The fourth-order valence-electron chi connectivity index (χ4n) is 8.87. The van der Waals surface area contributed by atoms with Crippen LogP contribution in [0.25, 0.3) is 11.6 Å². The van der Waals surface area contributed by atoms with Gasteiger partial charge in [0.1, 0.15) is 0 Å². The van der Waals surface area contributed by atoms with E-state index in [4.69, 9.17) is 9.16 Å². The second-order valence-electron chi connectivity index (χ2n) is 16.0. The van der Waals surface area contributed by atoms with Gasteiger partial charge < -0.3 is 24.5 Å². The number of likely N-dealkylation sites (tertiary alicyclic amines) is 1. The van der Waals surface area contributed by atoms with Crippen molar-refractivity contribution in [2.75, 3.05) is 26.9 Å². The number of hydrogen-bond donors (Lipinski definition) is 3. The van der Waals surface area contributed by atoms with Gasteiger partial charge in [0.25, 0.3) is 8.32 Å². The number of hydrogen-bond acceptors (Lipinski definition) is 8. The largest absolute Gasteiger partial charge is 0.504 e. The van der Waals surface area contributed by atoms with Gasteiger partial charge in [0, 0.05) is 18.7 Å². The molecule has 2 heterocycles. The van der Waals surface area contributed by atoms with Crippen LogP contribution in [0.2, 0.25) is 5.04 Å². The zero-order valence-electron chi connectivity index (χ0n) is 33.3. The van der Waals surface area contributed by atoms with Crippen LogP contribution in [0.5, 0.6) is 11.5 Å². The van der Waals surface area contributed by atoms with E-state index in [1.807, 2.05) is 73.7 Å². The monoisotopic (exact) mass is 900 g/mol. The lowest BCUT2D eigenvalue weighted by molar-refractivity contribution is -0.140. The van der Waals surface area contributed by atoms with E-state index in [-0.39, 0.29) is 42.1 Å². The molecule has 3 N–H and O–H groups in total. The van der Waals surface area contributed by atoms with Crippen molar-refractivity contribution in [3.05, 3.63) is 123 Å². The van der Waals surface area contributed by atoms with E-state index >= 15 is 0 Å². The zero-order valence-corrected chi connectivity index (χ0v) is 36.5. The van der Waals surface area contributed by atoms with Crippen LogP contribution in [-0.2, 0) is 14.0 Å². The number of allylic oxidation sites excluding steroid dienone is 1. The number of carbonyl (C=O) groups is 2. The summed E-state index contributed by atoms with van der Waals surface area (Å²) in [6.45, 7) is 8.59. The molecule has 0 unspecified atom stereocenters. The predicted molar refractivity (Wildman–Crippen MR) is 235 cm³/mol. The van der Waals surface area contributed by atoms with Crippen molar-refractivity contribution in [1.82, 2.24) is 9.88 Å². The maximum atomic E-state index is 14.0. The number of benzene rings is 3. The Balaban J connectivity index is 1.44. The molecule has 9 nitrogen and oxygen atoms in total. The summed E-state index contributed by atoms with van der Waals surface area (Å²) in [4.78, 5) is 33.9. The molecule has 0 bridgehead atoms. The second kappa shape index (κ2) is 18.2. The summed E-state index contributed by atoms with van der Waals surface area (Å²) in [5.74, 6) is -2.28. The van der Waals surface area contributed by atoms with Gasteiger partial charge in [-0.05, 0) is 116 Å². The molecule has 4 aromatic rings. The molecule has 1 saturated heterocycles. The average molecular weight is 901 g/mol. The minimum absolute atomic E-state index is 0.0629. The highest BCUT2D eigenvalue weighted by molar-refractivity contribution is 14.1. The number of aromatic hydroxyl groups is 1. The van der Waals surface area contributed by atoms with Crippen molar-refractivity contribution in [2.24, 2.45) is 17.8 Å². The highest BCUT2D eigenvalue weighted by Crippen LogP contribution is 2.47. The van der Waals surface area contributed by atoms with Gasteiger partial charge >= 0.3 is 0 Å². The number of amides is 2. The van der Waals surface area contributed by atoms with Gasteiger partial charge in [-0.2, -0.15) is 0 Å². The number of nitrogens with zero attached hydrogens (tertiary/aromatic N) is 2. The highest BCUT2D eigenvalue weighted by Gasteiger charge is 2.56. The van der Waals surface area contributed by atoms with Crippen LogP contribution in [0, 0.1) is 21.3 Å². The first-order valence-electron chi connectivity index (χ1n) is 19.7. The third-order valence-electron chi connectivity index (χ3n) is 11.5. The Morgan fingerprint density at radius 1 is 1.00 bits per heavy atom. The van der Waals surface area contributed by atoms with Crippen LogP contribution < -0.4 is 15.1 Å². The van der Waals surface area contributed by atoms with E-state index < -0.39 is 38.8 Å². The number of methoxy groups -OCH3 is 1. The minimum Gasteiger partial charge on any atom is -0.504 e. The molecule has 1 fully saturated rings. The van der Waals surface area contributed by atoms with Gasteiger partial charge in [-0.25, -0.2) is 0 Å². The second-order valence-corrected chi connectivity index (χ2v) is 21.4. The van der Waals surface area contributed by atoms with Crippen LogP contribution in [-0.4, -0.2) is 78.3 Å². The summed E-state index contributed by atoms with van der Waals surface area (Å²) >= 11 is 2.07. The summed E-state index contributed by atoms with van der Waals surface area (Å²) in [7, 11) is -1.54. The molecule has 0 spiro atoms.